The van der Waals surface area contributed by atoms with Crippen molar-refractivity contribution in [1.82, 2.24) is 4.98 Å². The van der Waals surface area contributed by atoms with E-state index in [1.54, 1.807) is 12.1 Å². The maximum atomic E-state index is 15.7. The van der Waals surface area contributed by atoms with E-state index in [-0.39, 0.29) is 48.4 Å². The lowest BCUT2D eigenvalue weighted by Crippen LogP contribution is -2.41. The fourth-order valence-corrected chi connectivity index (χ4v) is 5.44. The third kappa shape index (κ3) is 4.90. The van der Waals surface area contributed by atoms with Gasteiger partial charge in [-0.2, -0.15) is 0 Å². The van der Waals surface area contributed by atoms with E-state index >= 15 is 4.39 Å². The molecule has 1 saturated heterocycles. The molecule has 2 amide bonds. The average molecular weight is 604 g/mol. The number of ether oxygens (including phenoxy) is 5. The second kappa shape index (κ2) is 10.9. The van der Waals surface area contributed by atoms with Crippen molar-refractivity contribution in [2.24, 2.45) is 11.1 Å². The number of pyridine rings is 1. The molecule has 1 aromatic heterocycles. The highest BCUT2D eigenvalue weighted by Gasteiger charge is 2.57. The highest BCUT2D eigenvalue weighted by Crippen LogP contribution is 2.50. The van der Waals surface area contributed by atoms with E-state index in [2.05, 4.69) is 4.98 Å². The molecule has 3 aliphatic rings. The van der Waals surface area contributed by atoms with Gasteiger partial charge in [-0.3, -0.25) is 19.5 Å². The molecule has 3 aromatic carbocycles. The zero-order valence-electron chi connectivity index (χ0n) is 23.4. The number of hydrogen-bond donors (Lipinski definition) is 1. The Labute approximate surface area is 250 Å². The molecule has 0 bridgehead atoms. The lowest BCUT2D eigenvalue weighted by molar-refractivity contribution is -0.133. The molecule has 1 unspecified atom stereocenters. The highest BCUT2D eigenvalue weighted by molar-refractivity contribution is 6.16. The summed E-state index contributed by atoms with van der Waals surface area (Å²) in [6.45, 7) is 1.69. The van der Waals surface area contributed by atoms with Crippen molar-refractivity contribution in [3.05, 3.63) is 72.4 Å². The van der Waals surface area contributed by atoms with Gasteiger partial charge in [0.15, 0.2) is 23.1 Å². The summed E-state index contributed by atoms with van der Waals surface area (Å²) >= 11 is 0. The van der Waals surface area contributed by atoms with E-state index in [0.29, 0.717) is 48.0 Å². The number of fused-ring (bicyclic) bond motifs is 3. The Kier molecular flexibility index (Phi) is 6.92. The van der Waals surface area contributed by atoms with Crippen molar-refractivity contribution >= 4 is 34.1 Å². The fraction of sp³-hybridized carbons (Fsp3) is 0.281. The fourth-order valence-electron chi connectivity index (χ4n) is 5.44. The maximum absolute atomic E-state index is 15.7. The lowest BCUT2D eigenvalue weighted by atomic mass is 10.0. The van der Waals surface area contributed by atoms with Gasteiger partial charge in [-0.15, -0.1) is 0 Å². The summed E-state index contributed by atoms with van der Waals surface area (Å²) in [4.78, 5) is 31.4. The molecule has 10 nitrogen and oxygen atoms in total. The van der Waals surface area contributed by atoms with Crippen molar-refractivity contribution in [3.63, 3.8) is 0 Å². The zero-order valence-corrected chi connectivity index (χ0v) is 23.4. The largest absolute Gasteiger partial charge is 0.485 e. The number of primary amides is 1. The second-order valence-corrected chi connectivity index (χ2v) is 10.8. The predicted molar refractivity (Wildman–Crippen MR) is 153 cm³/mol. The number of rotatable bonds is 8. The van der Waals surface area contributed by atoms with Crippen LogP contribution in [0.1, 0.15) is 19.3 Å². The van der Waals surface area contributed by atoms with Crippen LogP contribution in [0.15, 0.2) is 60.8 Å². The Morgan fingerprint density at radius 1 is 0.909 bits per heavy atom. The first-order chi connectivity index (χ1) is 21.3. The van der Waals surface area contributed by atoms with E-state index in [9.17, 15) is 14.0 Å². The average Bonchev–Trinajstić information content (AvgIpc) is 3.69. The first-order valence-corrected chi connectivity index (χ1v) is 14.2. The molecule has 226 valence electrons. The Hall–Kier alpha value is -4.97. The molecule has 1 saturated carbocycles. The molecule has 1 aliphatic carbocycles. The molecule has 0 radical (unpaired) electrons. The monoisotopic (exact) mass is 603 g/mol. The number of halogens is 2. The van der Waals surface area contributed by atoms with Crippen molar-refractivity contribution in [1.29, 1.82) is 0 Å². The quantitative estimate of drug-likeness (QED) is 0.274. The molecule has 3 heterocycles. The van der Waals surface area contributed by atoms with Crippen molar-refractivity contribution in [3.8, 4) is 28.7 Å². The van der Waals surface area contributed by atoms with Crippen LogP contribution in [0.25, 0.3) is 10.9 Å². The Balaban J connectivity index is 1.24. The Morgan fingerprint density at radius 2 is 1.66 bits per heavy atom. The second-order valence-electron chi connectivity index (χ2n) is 10.8. The molecule has 2 fully saturated rings. The minimum Gasteiger partial charge on any atom is -0.485 e. The maximum Gasteiger partial charge on any atom is 0.247 e. The van der Waals surface area contributed by atoms with Gasteiger partial charge in [0.2, 0.25) is 17.6 Å². The van der Waals surface area contributed by atoms with Crippen LogP contribution in [0, 0.1) is 17.0 Å². The van der Waals surface area contributed by atoms with Crippen LogP contribution < -0.4 is 29.6 Å². The number of benzene rings is 3. The lowest BCUT2D eigenvalue weighted by Gasteiger charge is -2.27. The van der Waals surface area contributed by atoms with Crippen LogP contribution in [-0.2, 0) is 14.3 Å². The number of nitrogens with two attached hydrogens (primary N) is 1. The Bertz CT molecular complexity index is 1770. The smallest absolute Gasteiger partial charge is 0.247 e. The number of hydrogen-bond acceptors (Lipinski definition) is 8. The number of anilines is 2. The minimum absolute atomic E-state index is 0.116. The number of aromatic nitrogens is 1. The summed E-state index contributed by atoms with van der Waals surface area (Å²) in [5.41, 5.74) is 5.02. The summed E-state index contributed by atoms with van der Waals surface area (Å²) in [5.74, 6) is -1.32. The molecular weight excluding hydrogens is 576 g/mol. The molecule has 4 aromatic rings. The van der Waals surface area contributed by atoms with Gasteiger partial charge >= 0.3 is 0 Å². The molecular formula is C32H27F2N3O7. The first-order valence-electron chi connectivity index (χ1n) is 14.2. The standard InChI is InChI=1S/C32H27F2N3O7/c33-18-1-3-19(4-2-18)37(31(39)32(9-10-32)30(35)38)20-5-6-24(22(34)15-20)44-25-7-11-36-23-16-26(43-21-8-12-40-17-21)28-29(27(23)25)42-14-13-41-28/h1-7,11,15-16,21H,8-10,12-14,17H2,(H2,35,38). The molecule has 44 heavy (non-hydrogen) atoms. The van der Waals surface area contributed by atoms with Gasteiger partial charge in [0.05, 0.1) is 29.8 Å². The van der Waals surface area contributed by atoms with E-state index in [4.69, 9.17) is 29.4 Å². The summed E-state index contributed by atoms with van der Waals surface area (Å²) in [7, 11) is 0. The normalized spacial score (nSPS) is 18.1. The summed E-state index contributed by atoms with van der Waals surface area (Å²) in [6.07, 6.45) is 2.68. The summed E-state index contributed by atoms with van der Waals surface area (Å²) < 4.78 is 59.0. The van der Waals surface area contributed by atoms with Gasteiger partial charge in [-0.25, -0.2) is 8.78 Å². The number of carbonyl (C=O) groups excluding carboxylic acids is 2. The van der Waals surface area contributed by atoms with E-state index < -0.39 is 28.9 Å². The SMILES string of the molecule is NC(=O)C1(C(=O)N(c2ccc(F)cc2)c2ccc(Oc3ccnc4cc(OC5CCOC5)c5c(c34)OCCO5)c(F)c2)CC1. The van der Waals surface area contributed by atoms with E-state index in [1.165, 1.54) is 47.5 Å². The third-order valence-electron chi connectivity index (χ3n) is 7.94. The van der Waals surface area contributed by atoms with Crippen LogP contribution in [0.4, 0.5) is 20.2 Å². The molecule has 1 atom stereocenters. The first kappa shape index (κ1) is 27.8. The van der Waals surface area contributed by atoms with Crippen LogP contribution in [0.5, 0.6) is 28.7 Å². The molecule has 0 spiro atoms. The Morgan fingerprint density at radius 3 is 2.34 bits per heavy atom. The highest BCUT2D eigenvalue weighted by atomic mass is 19.1. The van der Waals surface area contributed by atoms with Gasteiger partial charge in [0, 0.05) is 30.4 Å². The van der Waals surface area contributed by atoms with E-state index in [1.807, 2.05) is 0 Å². The van der Waals surface area contributed by atoms with Crippen LogP contribution in [0.2, 0.25) is 0 Å². The van der Waals surface area contributed by atoms with E-state index in [0.717, 1.165) is 12.5 Å². The van der Waals surface area contributed by atoms with Crippen LogP contribution in [-0.4, -0.2) is 49.3 Å². The number of carbonyl (C=O) groups is 2. The molecule has 2 N–H and O–H groups in total. The van der Waals surface area contributed by atoms with Crippen LogP contribution >= 0.6 is 0 Å². The predicted octanol–water partition coefficient (Wildman–Crippen LogP) is 5.17. The van der Waals surface area contributed by atoms with Crippen molar-refractivity contribution in [2.75, 3.05) is 31.3 Å². The zero-order chi connectivity index (χ0) is 30.4. The summed E-state index contributed by atoms with van der Waals surface area (Å²) in [6, 6.07) is 12.4. The van der Waals surface area contributed by atoms with Gasteiger partial charge in [-0.1, -0.05) is 0 Å². The topological polar surface area (TPSA) is 122 Å². The van der Waals surface area contributed by atoms with Crippen LogP contribution in [0.3, 0.4) is 0 Å². The number of nitrogens with zero attached hydrogens (tertiary/aromatic N) is 2. The van der Waals surface area contributed by atoms with Gasteiger partial charge < -0.3 is 29.4 Å². The van der Waals surface area contributed by atoms with Crippen molar-refractivity contribution in [2.45, 2.75) is 25.4 Å². The van der Waals surface area contributed by atoms with Gasteiger partial charge in [0.25, 0.3) is 0 Å². The molecule has 12 heteroatoms. The van der Waals surface area contributed by atoms with Gasteiger partial charge in [-0.05, 0) is 55.3 Å². The van der Waals surface area contributed by atoms with Gasteiger partial charge in [0.1, 0.15) is 36.3 Å². The number of amides is 2. The third-order valence-corrected chi connectivity index (χ3v) is 7.94. The van der Waals surface area contributed by atoms with Crippen molar-refractivity contribution < 1.29 is 42.1 Å². The molecule has 7 rings (SSSR count). The molecule has 2 aliphatic heterocycles. The minimum atomic E-state index is -1.40. The summed E-state index contributed by atoms with van der Waals surface area (Å²) in [5, 5.41) is 0.473.